The number of carbonyl (C=O) groups is 2. The minimum atomic E-state index is -1.24. The average molecular weight is 230 g/mol. The van der Waals surface area contributed by atoms with Crippen LogP contribution < -0.4 is 0 Å². The van der Waals surface area contributed by atoms with Gasteiger partial charge >= 0.3 is 11.9 Å². The highest BCUT2D eigenvalue weighted by Gasteiger charge is 2.38. The normalized spacial score (nSPS) is 12.5. The summed E-state index contributed by atoms with van der Waals surface area (Å²) in [7, 11) is 0. The third kappa shape index (κ3) is 4.21. The van der Waals surface area contributed by atoms with Crippen LogP contribution >= 0.6 is 0 Å². The molecule has 0 aliphatic rings. The Morgan fingerprint density at radius 3 is 1.75 bits per heavy atom. The fraction of sp³-hybridized carbons (Fsp3) is 0.833. The van der Waals surface area contributed by atoms with Gasteiger partial charge in [-0.25, -0.2) is 4.79 Å². The lowest BCUT2D eigenvalue weighted by Crippen LogP contribution is -2.44. The zero-order valence-electron chi connectivity index (χ0n) is 11.2. The van der Waals surface area contributed by atoms with Crippen molar-refractivity contribution in [3.05, 3.63) is 0 Å². The van der Waals surface area contributed by atoms with E-state index in [0.717, 1.165) is 0 Å². The summed E-state index contributed by atoms with van der Waals surface area (Å²) in [5, 5.41) is 0. The molecular formula is C12H22O4. The second-order valence-electron chi connectivity index (χ2n) is 5.25. The lowest BCUT2D eigenvalue weighted by Gasteiger charge is -2.33. The Labute approximate surface area is 97.3 Å². The molecule has 0 aliphatic carbocycles. The summed E-state index contributed by atoms with van der Waals surface area (Å²) in [4.78, 5) is 22.7. The van der Waals surface area contributed by atoms with Crippen LogP contribution in [0.25, 0.3) is 0 Å². The van der Waals surface area contributed by atoms with E-state index >= 15 is 0 Å². The van der Waals surface area contributed by atoms with Crippen molar-refractivity contribution < 1.29 is 19.1 Å². The van der Waals surface area contributed by atoms with E-state index in [1.807, 2.05) is 27.7 Å². The standard InChI is InChI=1S/C12H22O4/c1-8(2)11(4,5)16-10(14)12(6,7)15-9(3)13/h8H,1-7H3. The molecule has 0 saturated heterocycles. The molecule has 0 saturated carbocycles. The summed E-state index contributed by atoms with van der Waals surface area (Å²) in [6.45, 7) is 11.9. The van der Waals surface area contributed by atoms with E-state index in [-0.39, 0.29) is 5.92 Å². The Kier molecular flexibility index (Phi) is 4.53. The molecule has 0 unspecified atom stereocenters. The third-order valence-electron chi connectivity index (χ3n) is 2.64. The molecule has 0 aromatic rings. The summed E-state index contributed by atoms with van der Waals surface area (Å²) >= 11 is 0. The minimum Gasteiger partial charge on any atom is -0.456 e. The zero-order chi connectivity index (χ0) is 13.1. The van der Waals surface area contributed by atoms with E-state index in [1.54, 1.807) is 0 Å². The summed E-state index contributed by atoms with van der Waals surface area (Å²) in [6.07, 6.45) is 0. The number of hydrogen-bond donors (Lipinski definition) is 0. The van der Waals surface area contributed by atoms with E-state index < -0.39 is 23.1 Å². The second-order valence-corrected chi connectivity index (χ2v) is 5.25. The molecular weight excluding hydrogens is 208 g/mol. The van der Waals surface area contributed by atoms with E-state index in [1.165, 1.54) is 20.8 Å². The summed E-state index contributed by atoms with van der Waals surface area (Å²) in [5.41, 5.74) is -1.81. The van der Waals surface area contributed by atoms with Crippen molar-refractivity contribution in [3.63, 3.8) is 0 Å². The lowest BCUT2D eigenvalue weighted by atomic mass is 9.94. The minimum absolute atomic E-state index is 0.185. The molecule has 0 atom stereocenters. The van der Waals surface area contributed by atoms with Crippen LogP contribution in [0.2, 0.25) is 0 Å². The van der Waals surface area contributed by atoms with Crippen molar-refractivity contribution in [1.29, 1.82) is 0 Å². The van der Waals surface area contributed by atoms with E-state index in [2.05, 4.69) is 0 Å². The first kappa shape index (κ1) is 14.9. The molecule has 0 rings (SSSR count). The van der Waals surface area contributed by atoms with Crippen LogP contribution in [0.4, 0.5) is 0 Å². The second kappa shape index (κ2) is 4.85. The van der Waals surface area contributed by atoms with Crippen LogP contribution in [0.1, 0.15) is 48.5 Å². The van der Waals surface area contributed by atoms with Gasteiger partial charge in [0, 0.05) is 6.92 Å². The first-order valence-corrected chi connectivity index (χ1v) is 5.42. The predicted octanol–water partition coefficient (Wildman–Crippen LogP) is 2.31. The van der Waals surface area contributed by atoms with Gasteiger partial charge in [-0.2, -0.15) is 0 Å². The highest BCUT2D eigenvalue weighted by atomic mass is 16.6. The lowest BCUT2D eigenvalue weighted by molar-refractivity contribution is -0.189. The Morgan fingerprint density at radius 2 is 1.44 bits per heavy atom. The SMILES string of the molecule is CC(=O)OC(C)(C)C(=O)OC(C)(C)C(C)C. The molecule has 0 N–H and O–H groups in total. The van der Waals surface area contributed by atoms with Crippen molar-refractivity contribution in [2.45, 2.75) is 59.7 Å². The molecule has 0 aliphatic heterocycles. The van der Waals surface area contributed by atoms with Gasteiger partial charge in [0.05, 0.1) is 0 Å². The maximum Gasteiger partial charge on any atom is 0.350 e. The molecule has 0 heterocycles. The summed E-state index contributed by atoms with van der Waals surface area (Å²) in [5.74, 6) is -0.838. The first-order chi connectivity index (χ1) is 6.99. The summed E-state index contributed by atoms with van der Waals surface area (Å²) < 4.78 is 10.3. The highest BCUT2D eigenvalue weighted by Crippen LogP contribution is 2.24. The Hall–Kier alpha value is -1.06. The molecule has 0 aromatic carbocycles. The number of esters is 2. The van der Waals surface area contributed by atoms with Gasteiger partial charge in [0.25, 0.3) is 0 Å². The topological polar surface area (TPSA) is 52.6 Å². The average Bonchev–Trinajstić information content (AvgIpc) is 1.99. The van der Waals surface area contributed by atoms with Crippen molar-refractivity contribution in [2.75, 3.05) is 0 Å². The zero-order valence-corrected chi connectivity index (χ0v) is 11.2. The number of hydrogen-bond acceptors (Lipinski definition) is 4. The fourth-order valence-electron chi connectivity index (χ4n) is 0.881. The van der Waals surface area contributed by atoms with Gasteiger partial charge in [-0.1, -0.05) is 13.8 Å². The summed E-state index contributed by atoms with van der Waals surface area (Å²) in [6, 6.07) is 0. The van der Waals surface area contributed by atoms with Gasteiger partial charge in [-0.15, -0.1) is 0 Å². The molecule has 0 bridgehead atoms. The molecule has 94 valence electrons. The highest BCUT2D eigenvalue weighted by molar-refractivity contribution is 5.82. The van der Waals surface area contributed by atoms with Gasteiger partial charge in [0.15, 0.2) is 0 Å². The van der Waals surface area contributed by atoms with Crippen LogP contribution in [-0.2, 0) is 19.1 Å². The molecule has 0 aromatic heterocycles. The van der Waals surface area contributed by atoms with Crippen molar-refractivity contribution >= 4 is 11.9 Å². The number of rotatable bonds is 4. The molecule has 16 heavy (non-hydrogen) atoms. The molecule has 0 amide bonds. The van der Waals surface area contributed by atoms with E-state index in [9.17, 15) is 9.59 Å². The van der Waals surface area contributed by atoms with Crippen LogP contribution in [-0.4, -0.2) is 23.1 Å². The van der Waals surface area contributed by atoms with Gasteiger partial charge in [0.2, 0.25) is 5.60 Å². The van der Waals surface area contributed by atoms with Crippen LogP contribution in [0.15, 0.2) is 0 Å². The Bertz CT molecular complexity index is 277. The number of carbonyl (C=O) groups excluding carboxylic acids is 2. The van der Waals surface area contributed by atoms with Crippen LogP contribution in [0.5, 0.6) is 0 Å². The molecule has 4 nitrogen and oxygen atoms in total. The molecule has 4 heteroatoms. The van der Waals surface area contributed by atoms with Crippen molar-refractivity contribution in [1.82, 2.24) is 0 Å². The molecule has 0 spiro atoms. The maximum absolute atomic E-state index is 11.8. The Balaban J connectivity index is 4.63. The van der Waals surface area contributed by atoms with Crippen LogP contribution in [0, 0.1) is 5.92 Å². The van der Waals surface area contributed by atoms with Crippen molar-refractivity contribution in [3.8, 4) is 0 Å². The van der Waals surface area contributed by atoms with Crippen molar-refractivity contribution in [2.24, 2.45) is 5.92 Å². The molecule has 0 radical (unpaired) electrons. The number of ether oxygens (including phenoxy) is 2. The quantitative estimate of drug-likeness (QED) is 0.695. The largest absolute Gasteiger partial charge is 0.456 e. The van der Waals surface area contributed by atoms with Gasteiger partial charge in [-0.3, -0.25) is 4.79 Å². The van der Waals surface area contributed by atoms with Gasteiger partial charge < -0.3 is 9.47 Å². The van der Waals surface area contributed by atoms with E-state index in [0.29, 0.717) is 0 Å². The Morgan fingerprint density at radius 1 is 1.00 bits per heavy atom. The molecule has 0 fully saturated rings. The van der Waals surface area contributed by atoms with Crippen LogP contribution in [0.3, 0.4) is 0 Å². The predicted molar refractivity (Wildman–Crippen MR) is 60.9 cm³/mol. The fourth-order valence-corrected chi connectivity index (χ4v) is 0.881. The first-order valence-electron chi connectivity index (χ1n) is 5.42. The van der Waals surface area contributed by atoms with E-state index in [4.69, 9.17) is 9.47 Å². The van der Waals surface area contributed by atoms with Gasteiger partial charge in [0.1, 0.15) is 5.60 Å². The smallest absolute Gasteiger partial charge is 0.350 e. The third-order valence-corrected chi connectivity index (χ3v) is 2.64. The monoisotopic (exact) mass is 230 g/mol. The maximum atomic E-state index is 11.8. The van der Waals surface area contributed by atoms with Gasteiger partial charge in [-0.05, 0) is 33.6 Å².